The molecule has 0 aromatic heterocycles. The maximum Gasteiger partial charge on any atom is 0.303 e. The zero-order valence-corrected chi connectivity index (χ0v) is 15.7. The number of carboxylic acids is 1. The average molecular weight is 325 g/mol. The first-order valence-electron chi connectivity index (χ1n) is 9.90. The molecule has 23 heavy (non-hydrogen) atoms. The highest BCUT2D eigenvalue weighted by molar-refractivity contribution is 5.66. The Labute approximate surface area is 144 Å². The van der Waals surface area contributed by atoms with Crippen LogP contribution in [0.15, 0.2) is 12.2 Å². The Morgan fingerprint density at radius 3 is 1.61 bits per heavy atom. The average Bonchev–Trinajstić information content (AvgIpc) is 2.49. The molecule has 0 heterocycles. The number of hydrogen-bond donors (Lipinski definition) is 1. The minimum absolute atomic E-state index is 0.232. The van der Waals surface area contributed by atoms with E-state index in [0.717, 1.165) is 17.9 Å². The van der Waals surface area contributed by atoms with E-state index < -0.39 is 5.97 Å². The van der Waals surface area contributed by atoms with Crippen molar-refractivity contribution in [2.24, 2.45) is 5.92 Å². The van der Waals surface area contributed by atoms with E-state index in [9.17, 15) is 4.79 Å². The van der Waals surface area contributed by atoms with E-state index in [1.807, 2.05) is 0 Å². The number of carbonyl (C=O) groups is 1. The summed E-state index contributed by atoms with van der Waals surface area (Å²) in [6.45, 7) is 8.58. The minimum atomic E-state index is -0.717. The van der Waals surface area contributed by atoms with Gasteiger partial charge in [0.2, 0.25) is 0 Å². The van der Waals surface area contributed by atoms with Gasteiger partial charge in [-0.25, -0.2) is 0 Å². The lowest BCUT2D eigenvalue weighted by atomic mass is 10.0. The molecule has 0 aliphatic rings. The van der Waals surface area contributed by atoms with Gasteiger partial charge in [-0.05, 0) is 25.2 Å². The second-order valence-corrected chi connectivity index (χ2v) is 7.47. The Hall–Kier alpha value is -0.790. The molecule has 0 aromatic carbocycles. The van der Waals surface area contributed by atoms with Gasteiger partial charge in [0.05, 0.1) is 0 Å². The van der Waals surface area contributed by atoms with E-state index >= 15 is 0 Å². The van der Waals surface area contributed by atoms with Gasteiger partial charge in [0, 0.05) is 6.42 Å². The third kappa shape index (κ3) is 19.2. The van der Waals surface area contributed by atoms with Gasteiger partial charge in [-0.2, -0.15) is 0 Å². The third-order valence-electron chi connectivity index (χ3n) is 4.50. The molecule has 0 radical (unpaired) electrons. The first kappa shape index (κ1) is 22.2. The minimum Gasteiger partial charge on any atom is -0.481 e. The number of unbranched alkanes of at least 4 members (excludes halogenated alkanes) is 10. The van der Waals surface area contributed by atoms with Gasteiger partial charge >= 0.3 is 5.97 Å². The van der Waals surface area contributed by atoms with Crippen molar-refractivity contribution in [1.82, 2.24) is 0 Å². The predicted octanol–water partition coefficient (Wildman–Crippen LogP) is 7.13. The van der Waals surface area contributed by atoms with E-state index in [1.54, 1.807) is 0 Å². The Morgan fingerprint density at radius 2 is 1.17 bits per heavy atom. The van der Waals surface area contributed by atoms with Gasteiger partial charge in [-0.3, -0.25) is 4.79 Å². The van der Waals surface area contributed by atoms with E-state index in [4.69, 9.17) is 5.11 Å². The number of carboxylic acid groups (broad SMARTS) is 1. The SMILES string of the molecule is C=C(CCCCCCCCCCCCCC(C)C)CCC(=O)O. The molecule has 2 nitrogen and oxygen atoms in total. The first-order chi connectivity index (χ1) is 11.0. The summed E-state index contributed by atoms with van der Waals surface area (Å²) in [7, 11) is 0. The van der Waals surface area contributed by atoms with Gasteiger partial charge in [-0.1, -0.05) is 96.6 Å². The molecular weight excluding hydrogens is 284 g/mol. The first-order valence-corrected chi connectivity index (χ1v) is 9.90. The zero-order valence-electron chi connectivity index (χ0n) is 15.7. The third-order valence-corrected chi connectivity index (χ3v) is 4.50. The lowest BCUT2D eigenvalue weighted by molar-refractivity contribution is -0.136. The van der Waals surface area contributed by atoms with E-state index in [2.05, 4.69) is 20.4 Å². The van der Waals surface area contributed by atoms with Crippen molar-refractivity contribution in [3.05, 3.63) is 12.2 Å². The van der Waals surface area contributed by atoms with Crippen LogP contribution in [-0.2, 0) is 4.79 Å². The summed E-state index contributed by atoms with van der Waals surface area (Å²) < 4.78 is 0. The molecule has 0 amide bonds. The van der Waals surface area contributed by atoms with E-state index in [0.29, 0.717) is 6.42 Å². The largest absolute Gasteiger partial charge is 0.481 e. The molecule has 0 atom stereocenters. The smallest absolute Gasteiger partial charge is 0.303 e. The zero-order chi connectivity index (χ0) is 17.3. The summed E-state index contributed by atoms with van der Waals surface area (Å²) in [4.78, 5) is 10.5. The van der Waals surface area contributed by atoms with Crippen molar-refractivity contribution < 1.29 is 9.90 Å². The number of rotatable bonds is 17. The van der Waals surface area contributed by atoms with Crippen LogP contribution >= 0.6 is 0 Å². The van der Waals surface area contributed by atoms with Crippen molar-refractivity contribution in [3.63, 3.8) is 0 Å². The summed E-state index contributed by atoms with van der Waals surface area (Å²) in [6, 6.07) is 0. The summed E-state index contributed by atoms with van der Waals surface area (Å²) in [5.41, 5.74) is 1.10. The molecule has 0 saturated heterocycles. The Kier molecular flexibility index (Phi) is 15.5. The fourth-order valence-corrected chi connectivity index (χ4v) is 2.93. The quantitative estimate of drug-likeness (QED) is 0.228. The van der Waals surface area contributed by atoms with Crippen molar-refractivity contribution >= 4 is 5.97 Å². The standard InChI is InChI=1S/C21H40O2/c1-19(2)15-13-11-9-7-5-4-6-8-10-12-14-16-20(3)17-18-21(22)23/h19H,3-18H2,1-2H3,(H,22,23). The summed E-state index contributed by atoms with van der Waals surface area (Å²) in [5, 5.41) is 8.62. The Bertz CT molecular complexity index is 294. The maximum absolute atomic E-state index is 10.5. The van der Waals surface area contributed by atoms with Crippen LogP contribution in [0.5, 0.6) is 0 Å². The molecule has 136 valence electrons. The van der Waals surface area contributed by atoms with Crippen molar-refractivity contribution in [2.75, 3.05) is 0 Å². The lowest BCUT2D eigenvalue weighted by Crippen LogP contribution is -1.95. The summed E-state index contributed by atoms with van der Waals surface area (Å²) >= 11 is 0. The van der Waals surface area contributed by atoms with Crippen molar-refractivity contribution in [3.8, 4) is 0 Å². The predicted molar refractivity (Wildman–Crippen MR) is 101 cm³/mol. The molecule has 0 unspecified atom stereocenters. The molecule has 0 bridgehead atoms. The van der Waals surface area contributed by atoms with Crippen LogP contribution < -0.4 is 0 Å². The molecule has 0 fully saturated rings. The molecule has 0 aliphatic heterocycles. The van der Waals surface area contributed by atoms with Crippen LogP contribution in [0.3, 0.4) is 0 Å². The van der Waals surface area contributed by atoms with Crippen LogP contribution in [0.1, 0.15) is 110 Å². The number of aliphatic carboxylic acids is 1. The molecule has 2 heteroatoms. The molecule has 0 aromatic rings. The van der Waals surface area contributed by atoms with Gasteiger partial charge in [0.25, 0.3) is 0 Å². The molecule has 0 saturated carbocycles. The van der Waals surface area contributed by atoms with Crippen LogP contribution in [0, 0.1) is 5.92 Å². The highest BCUT2D eigenvalue weighted by Gasteiger charge is 2.00. The summed E-state index contributed by atoms with van der Waals surface area (Å²) in [6.07, 6.45) is 18.3. The summed E-state index contributed by atoms with van der Waals surface area (Å²) in [5.74, 6) is 0.149. The van der Waals surface area contributed by atoms with Crippen LogP contribution in [0.2, 0.25) is 0 Å². The van der Waals surface area contributed by atoms with Gasteiger partial charge in [0.1, 0.15) is 0 Å². The second-order valence-electron chi connectivity index (χ2n) is 7.47. The van der Waals surface area contributed by atoms with Crippen molar-refractivity contribution in [2.45, 2.75) is 110 Å². The van der Waals surface area contributed by atoms with Crippen LogP contribution in [0.4, 0.5) is 0 Å². The highest BCUT2D eigenvalue weighted by Crippen LogP contribution is 2.16. The fraction of sp³-hybridized carbons (Fsp3) is 0.857. The van der Waals surface area contributed by atoms with Gasteiger partial charge in [0.15, 0.2) is 0 Å². The Morgan fingerprint density at radius 1 is 0.739 bits per heavy atom. The molecule has 0 aliphatic carbocycles. The number of allylic oxidation sites excluding steroid dienone is 1. The second kappa shape index (κ2) is 16.1. The van der Waals surface area contributed by atoms with E-state index in [-0.39, 0.29) is 6.42 Å². The van der Waals surface area contributed by atoms with Crippen LogP contribution in [0.25, 0.3) is 0 Å². The monoisotopic (exact) mass is 324 g/mol. The lowest BCUT2D eigenvalue weighted by Gasteiger charge is -2.05. The molecule has 1 N–H and O–H groups in total. The van der Waals surface area contributed by atoms with E-state index in [1.165, 1.54) is 77.0 Å². The Balaban J connectivity index is 3.13. The highest BCUT2D eigenvalue weighted by atomic mass is 16.4. The maximum atomic E-state index is 10.5. The van der Waals surface area contributed by atoms with Gasteiger partial charge in [-0.15, -0.1) is 0 Å². The van der Waals surface area contributed by atoms with Gasteiger partial charge < -0.3 is 5.11 Å². The van der Waals surface area contributed by atoms with Crippen molar-refractivity contribution in [1.29, 1.82) is 0 Å². The van der Waals surface area contributed by atoms with Crippen LogP contribution in [-0.4, -0.2) is 11.1 Å². The topological polar surface area (TPSA) is 37.3 Å². The normalized spacial score (nSPS) is 11.1. The molecule has 0 spiro atoms. The molecular formula is C21H40O2. The molecule has 0 rings (SSSR count). The number of hydrogen-bond acceptors (Lipinski definition) is 1. The fourth-order valence-electron chi connectivity index (χ4n) is 2.93.